The first kappa shape index (κ1) is 16.7. The summed E-state index contributed by atoms with van der Waals surface area (Å²) in [5.74, 6) is -0.533. The second-order valence-electron chi connectivity index (χ2n) is 5.79. The minimum atomic E-state index is -0.835. The Kier molecular flexibility index (Phi) is 6.71. The van der Waals surface area contributed by atoms with Gasteiger partial charge in [0, 0.05) is 26.2 Å². The maximum Gasteiger partial charge on any atom is 0.307 e. The summed E-state index contributed by atoms with van der Waals surface area (Å²) >= 11 is 0. The van der Waals surface area contributed by atoms with Gasteiger partial charge in [0.1, 0.15) is 0 Å². The largest absolute Gasteiger partial charge is 0.481 e. The third-order valence-electron chi connectivity index (χ3n) is 3.84. The summed E-state index contributed by atoms with van der Waals surface area (Å²) in [5.41, 5.74) is 0. The number of nitrogens with zero attached hydrogens (tertiary/aromatic N) is 2. The fourth-order valence-electron chi connectivity index (χ4n) is 2.40. The average molecular weight is 282 g/mol. The Morgan fingerprint density at radius 1 is 1.45 bits per heavy atom. The second kappa shape index (κ2) is 8.04. The van der Waals surface area contributed by atoms with Crippen LogP contribution in [0.4, 0.5) is 0 Å². The number of hydrogen-bond donors (Lipinski definition) is 1. The number of carboxylic acid groups (broad SMARTS) is 1. The zero-order valence-corrected chi connectivity index (χ0v) is 12.5. The van der Waals surface area contributed by atoms with E-state index in [9.17, 15) is 9.59 Å². The highest BCUT2D eigenvalue weighted by Gasteiger charge is 2.23. The monoisotopic (exact) mass is 282 g/mol. The predicted molar refractivity (Wildman–Crippen MR) is 78.4 cm³/mol. The van der Waals surface area contributed by atoms with Gasteiger partial charge in [-0.15, -0.1) is 6.58 Å². The number of rotatable bonds is 7. The van der Waals surface area contributed by atoms with Crippen molar-refractivity contribution >= 4 is 11.9 Å². The van der Waals surface area contributed by atoms with Crippen LogP contribution in [0.3, 0.4) is 0 Å². The molecule has 1 atom stereocenters. The summed E-state index contributed by atoms with van der Waals surface area (Å²) in [5, 5.41) is 8.96. The molecule has 0 aliphatic carbocycles. The maximum absolute atomic E-state index is 12.2. The first-order valence-corrected chi connectivity index (χ1v) is 7.27. The lowest BCUT2D eigenvalue weighted by Gasteiger charge is -2.32. The first-order valence-electron chi connectivity index (χ1n) is 7.27. The minimum Gasteiger partial charge on any atom is -0.481 e. The average Bonchev–Trinajstić information content (AvgIpc) is 2.39. The zero-order valence-electron chi connectivity index (χ0n) is 12.5. The van der Waals surface area contributed by atoms with Crippen LogP contribution < -0.4 is 0 Å². The van der Waals surface area contributed by atoms with E-state index in [1.165, 1.54) is 0 Å². The first-order chi connectivity index (χ1) is 9.43. The molecule has 0 aromatic heterocycles. The molecule has 5 heteroatoms. The third-order valence-corrected chi connectivity index (χ3v) is 3.84. The highest BCUT2D eigenvalue weighted by molar-refractivity contribution is 5.78. The number of likely N-dealkylation sites (tertiary alicyclic amines) is 1. The summed E-state index contributed by atoms with van der Waals surface area (Å²) in [6.45, 7) is 10.4. The number of carboxylic acids is 1. The van der Waals surface area contributed by atoms with E-state index < -0.39 is 11.9 Å². The van der Waals surface area contributed by atoms with Gasteiger partial charge in [0.2, 0.25) is 5.91 Å². The normalized spacial score (nSPS) is 18.1. The molecule has 0 bridgehead atoms. The van der Waals surface area contributed by atoms with Crippen molar-refractivity contribution in [3.05, 3.63) is 12.7 Å². The van der Waals surface area contributed by atoms with E-state index in [1.807, 2.05) is 9.80 Å². The molecule has 1 aliphatic rings. The minimum absolute atomic E-state index is 0.0938. The molecule has 1 saturated heterocycles. The van der Waals surface area contributed by atoms with Crippen LogP contribution in [0.2, 0.25) is 0 Å². The van der Waals surface area contributed by atoms with Crippen molar-refractivity contribution in [1.82, 2.24) is 9.80 Å². The lowest BCUT2D eigenvalue weighted by atomic mass is 9.99. The molecule has 5 nitrogen and oxygen atoms in total. The van der Waals surface area contributed by atoms with Gasteiger partial charge in [-0.1, -0.05) is 19.9 Å². The molecule has 1 amide bonds. The Labute approximate surface area is 121 Å². The van der Waals surface area contributed by atoms with Gasteiger partial charge in [0.15, 0.2) is 0 Å². The summed E-state index contributed by atoms with van der Waals surface area (Å²) in [4.78, 5) is 26.9. The Morgan fingerprint density at radius 2 is 2.05 bits per heavy atom. The van der Waals surface area contributed by atoms with Crippen LogP contribution in [-0.2, 0) is 9.59 Å². The van der Waals surface area contributed by atoms with E-state index in [0.717, 1.165) is 25.9 Å². The Morgan fingerprint density at radius 3 is 2.55 bits per heavy atom. The maximum atomic E-state index is 12.2. The number of aliphatic carboxylic acids is 1. The lowest BCUT2D eigenvalue weighted by molar-refractivity contribution is -0.142. The standard InChI is InChI=1S/C15H26N2O3/c1-4-7-16(10-13(3)15(19)20)11-14(18)17-8-5-12(2)6-9-17/h4,12-13H,1,5-11H2,2-3H3,(H,19,20). The molecule has 0 spiro atoms. The molecule has 0 aromatic rings. The Bertz CT molecular complexity index is 349. The summed E-state index contributed by atoms with van der Waals surface area (Å²) in [6.07, 6.45) is 3.82. The molecule has 0 aromatic carbocycles. The Hall–Kier alpha value is -1.36. The van der Waals surface area contributed by atoms with Gasteiger partial charge in [-0.25, -0.2) is 0 Å². The SMILES string of the molecule is C=CCN(CC(=O)N1CCC(C)CC1)CC(C)C(=O)O. The van der Waals surface area contributed by atoms with E-state index in [4.69, 9.17) is 5.11 Å². The molecule has 0 saturated carbocycles. The molecule has 1 unspecified atom stereocenters. The van der Waals surface area contributed by atoms with E-state index in [0.29, 0.717) is 19.0 Å². The van der Waals surface area contributed by atoms with Gasteiger partial charge in [-0.3, -0.25) is 14.5 Å². The predicted octanol–water partition coefficient (Wildman–Crippen LogP) is 1.45. The van der Waals surface area contributed by atoms with Crippen LogP contribution >= 0.6 is 0 Å². The van der Waals surface area contributed by atoms with Crippen molar-refractivity contribution in [2.45, 2.75) is 26.7 Å². The van der Waals surface area contributed by atoms with Crippen molar-refractivity contribution in [3.8, 4) is 0 Å². The quantitative estimate of drug-likeness (QED) is 0.718. The molecular weight excluding hydrogens is 256 g/mol. The molecule has 1 aliphatic heterocycles. The fraction of sp³-hybridized carbons (Fsp3) is 0.733. The molecule has 114 valence electrons. The smallest absolute Gasteiger partial charge is 0.307 e. The number of amides is 1. The molecule has 20 heavy (non-hydrogen) atoms. The third kappa shape index (κ3) is 5.33. The van der Waals surface area contributed by atoms with Crippen LogP contribution in [0.5, 0.6) is 0 Å². The van der Waals surface area contributed by atoms with E-state index in [-0.39, 0.29) is 12.5 Å². The molecule has 0 radical (unpaired) electrons. The zero-order chi connectivity index (χ0) is 15.1. The summed E-state index contributed by atoms with van der Waals surface area (Å²) in [6, 6.07) is 0. The highest BCUT2D eigenvalue weighted by Crippen LogP contribution is 2.16. The second-order valence-corrected chi connectivity index (χ2v) is 5.79. The Balaban J connectivity index is 2.49. The van der Waals surface area contributed by atoms with Crippen LogP contribution in [0, 0.1) is 11.8 Å². The number of hydrogen-bond acceptors (Lipinski definition) is 3. The van der Waals surface area contributed by atoms with Crippen molar-refractivity contribution < 1.29 is 14.7 Å². The molecule has 1 fully saturated rings. The lowest BCUT2D eigenvalue weighted by Crippen LogP contribution is -2.45. The molecule has 1 N–H and O–H groups in total. The van der Waals surface area contributed by atoms with Crippen LogP contribution in [0.1, 0.15) is 26.7 Å². The van der Waals surface area contributed by atoms with E-state index in [2.05, 4.69) is 13.5 Å². The van der Waals surface area contributed by atoms with Crippen molar-refractivity contribution in [3.63, 3.8) is 0 Å². The molecule has 1 rings (SSSR count). The van der Waals surface area contributed by atoms with Gasteiger partial charge in [0.25, 0.3) is 0 Å². The van der Waals surface area contributed by atoms with Crippen LogP contribution in [0.25, 0.3) is 0 Å². The van der Waals surface area contributed by atoms with Crippen LogP contribution in [0.15, 0.2) is 12.7 Å². The molecular formula is C15H26N2O3. The fourth-order valence-corrected chi connectivity index (χ4v) is 2.40. The number of piperidine rings is 1. The van der Waals surface area contributed by atoms with Gasteiger partial charge in [0.05, 0.1) is 12.5 Å². The van der Waals surface area contributed by atoms with Gasteiger partial charge in [-0.2, -0.15) is 0 Å². The van der Waals surface area contributed by atoms with E-state index in [1.54, 1.807) is 13.0 Å². The highest BCUT2D eigenvalue weighted by atomic mass is 16.4. The van der Waals surface area contributed by atoms with Crippen molar-refractivity contribution in [2.24, 2.45) is 11.8 Å². The summed E-state index contributed by atoms with van der Waals surface area (Å²) in [7, 11) is 0. The van der Waals surface area contributed by atoms with Gasteiger partial charge < -0.3 is 10.0 Å². The summed E-state index contributed by atoms with van der Waals surface area (Å²) < 4.78 is 0. The van der Waals surface area contributed by atoms with Crippen molar-refractivity contribution in [1.29, 1.82) is 0 Å². The van der Waals surface area contributed by atoms with Gasteiger partial charge in [-0.05, 0) is 18.8 Å². The van der Waals surface area contributed by atoms with Gasteiger partial charge >= 0.3 is 5.97 Å². The topological polar surface area (TPSA) is 60.9 Å². The number of carbonyl (C=O) groups excluding carboxylic acids is 1. The van der Waals surface area contributed by atoms with Crippen LogP contribution in [-0.4, -0.2) is 59.5 Å². The van der Waals surface area contributed by atoms with E-state index >= 15 is 0 Å². The molecule has 1 heterocycles. The number of carbonyl (C=O) groups is 2. The van der Waals surface area contributed by atoms with Crippen molar-refractivity contribution in [2.75, 3.05) is 32.7 Å².